The van der Waals surface area contributed by atoms with Crippen LogP contribution in [0.2, 0.25) is 5.02 Å². The molecule has 0 spiro atoms. The molecule has 6 heteroatoms. The maximum Gasteiger partial charge on any atom is 0.180 e. The number of benzene rings is 1. The standard InChI is InChI=1S/C14H15ClN4S/c1-7(2)19-11-9(15)5-4-6-10(11)18-13(19)12-8(3)17-14(16)20-12/h4-7H,1-3H3,(H2,16,17). The molecule has 0 fully saturated rings. The van der Waals surface area contributed by atoms with Crippen LogP contribution in [-0.2, 0) is 0 Å². The van der Waals surface area contributed by atoms with Gasteiger partial charge in [-0.3, -0.25) is 0 Å². The smallest absolute Gasteiger partial charge is 0.180 e. The molecule has 0 aliphatic rings. The molecule has 0 aliphatic heterocycles. The molecular formula is C14H15ClN4S. The summed E-state index contributed by atoms with van der Waals surface area (Å²) in [7, 11) is 0. The molecule has 3 aromatic rings. The molecule has 20 heavy (non-hydrogen) atoms. The molecular weight excluding hydrogens is 292 g/mol. The summed E-state index contributed by atoms with van der Waals surface area (Å²) in [4.78, 5) is 10.0. The lowest BCUT2D eigenvalue weighted by atomic mass is 10.3. The molecule has 1 aromatic carbocycles. The van der Waals surface area contributed by atoms with Crippen LogP contribution in [0, 0.1) is 6.92 Å². The van der Waals surface area contributed by atoms with Gasteiger partial charge in [0, 0.05) is 6.04 Å². The number of hydrogen-bond acceptors (Lipinski definition) is 4. The maximum atomic E-state index is 6.35. The Labute approximate surface area is 126 Å². The molecule has 104 valence electrons. The zero-order chi connectivity index (χ0) is 14.4. The van der Waals surface area contributed by atoms with E-state index in [4.69, 9.17) is 22.3 Å². The Morgan fingerprint density at radius 3 is 2.65 bits per heavy atom. The SMILES string of the molecule is Cc1nc(N)sc1-c1nc2cccc(Cl)c2n1C(C)C. The predicted molar refractivity (Wildman–Crippen MR) is 85.4 cm³/mol. The lowest BCUT2D eigenvalue weighted by Crippen LogP contribution is -2.03. The summed E-state index contributed by atoms with van der Waals surface area (Å²) in [6, 6.07) is 6.03. The van der Waals surface area contributed by atoms with Crippen molar-refractivity contribution in [3.05, 3.63) is 28.9 Å². The van der Waals surface area contributed by atoms with Crippen LogP contribution in [0.15, 0.2) is 18.2 Å². The first-order valence-corrected chi connectivity index (χ1v) is 7.58. The molecule has 0 saturated heterocycles. The third-order valence-corrected chi connectivity index (χ3v) is 4.48. The van der Waals surface area contributed by atoms with Crippen LogP contribution in [0.4, 0.5) is 5.13 Å². The number of anilines is 1. The van der Waals surface area contributed by atoms with Crippen LogP contribution in [0.25, 0.3) is 21.7 Å². The quantitative estimate of drug-likeness (QED) is 0.768. The fourth-order valence-electron chi connectivity index (χ4n) is 2.39. The van der Waals surface area contributed by atoms with Crippen LogP contribution < -0.4 is 5.73 Å². The monoisotopic (exact) mass is 306 g/mol. The summed E-state index contributed by atoms with van der Waals surface area (Å²) in [5, 5.41) is 1.27. The van der Waals surface area contributed by atoms with E-state index in [0.29, 0.717) is 10.2 Å². The first-order chi connectivity index (χ1) is 9.49. The number of nitrogens with two attached hydrogens (primary N) is 1. The number of halogens is 1. The van der Waals surface area contributed by atoms with Gasteiger partial charge in [-0.25, -0.2) is 9.97 Å². The number of para-hydroxylation sites is 1. The number of aryl methyl sites for hydroxylation is 1. The van der Waals surface area contributed by atoms with Crippen molar-refractivity contribution in [3.63, 3.8) is 0 Å². The summed E-state index contributed by atoms with van der Waals surface area (Å²) in [5.41, 5.74) is 8.57. The fraction of sp³-hybridized carbons (Fsp3) is 0.286. The van der Waals surface area contributed by atoms with Gasteiger partial charge in [0.25, 0.3) is 0 Å². The topological polar surface area (TPSA) is 56.7 Å². The van der Waals surface area contributed by atoms with Crippen LogP contribution >= 0.6 is 22.9 Å². The van der Waals surface area contributed by atoms with E-state index in [-0.39, 0.29) is 6.04 Å². The van der Waals surface area contributed by atoms with Gasteiger partial charge in [-0.1, -0.05) is 29.0 Å². The number of rotatable bonds is 2. The van der Waals surface area contributed by atoms with Gasteiger partial charge in [0.15, 0.2) is 11.0 Å². The highest BCUT2D eigenvalue weighted by atomic mass is 35.5. The minimum absolute atomic E-state index is 0.248. The van der Waals surface area contributed by atoms with Crippen LogP contribution in [0.1, 0.15) is 25.6 Å². The lowest BCUT2D eigenvalue weighted by Gasteiger charge is -2.13. The lowest BCUT2D eigenvalue weighted by molar-refractivity contribution is 0.625. The summed E-state index contributed by atoms with van der Waals surface area (Å²) in [5.74, 6) is 0.884. The highest BCUT2D eigenvalue weighted by Gasteiger charge is 2.20. The zero-order valence-corrected chi connectivity index (χ0v) is 13.1. The zero-order valence-electron chi connectivity index (χ0n) is 11.5. The van der Waals surface area contributed by atoms with Gasteiger partial charge < -0.3 is 10.3 Å². The molecule has 2 heterocycles. The predicted octanol–water partition coefficient (Wildman–Crippen LogP) is 4.28. The van der Waals surface area contributed by atoms with Crippen molar-refractivity contribution in [1.82, 2.24) is 14.5 Å². The third kappa shape index (κ3) is 1.98. The molecule has 0 amide bonds. The van der Waals surface area contributed by atoms with Crippen molar-refractivity contribution in [3.8, 4) is 10.7 Å². The van der Waals surface area contributed by atoms with Crippen LogP contribution in [0.5, 0.6) is 0 Å². The Morgan fingerprint density at radius 1 is 1.30 bits per heavy atom. The van der Waals surface area contributed by atoms with Gasteiger partial charge in [0.1, 0.15) is 0 Å². The molecule has 0 bridgehead atoms. The van der Waals surface area contributed by atoms with E-state index in [1.165, 1.54) is 11.3 Å². The minimum atomic E-state index is 0.248. The number of hydrogen-bond donors (Lipinski definition) is 1. The Hall–Kier alpha value is -1.59. The Kier molecular flexibility index (Phi) is 3.18. The summed E-state index contributed by atoms with van der Waals surface area (Å²) < 4.78 is 2.15. The number of fused-ring (bicyclic) bond motifs is 1. The number of nitrogens with zero attached hydrogens (tertiary/aromatic N) is 3. The second-order valence-corrected chi connectivity index (χ2v) is 6.41. The van der Waals surface area contributed by atoms with Crippen molar-refractivity contribution < 1.29 is 0 Å². The van der Waals surface area contributed by atoms with Gasteiger partial charge >= 0.3 is 0 Å². The van der Waals surface area contributed by atoms with Crippen molar-refractivity contribution in [1.29, 1.82) is 0 Å². The largest absolute Gasteiger partial charge is 0.375 e. The second kappa shape index (κ2) is 4.75. The Morgan fingerprint density at radius 2 is 2.05 bits per heavy atom. The van der Waals surface area contributed by atoms with Crippen LogP contribution in [-0.4, -0.2) is 14.5 Å². The molecule has 2 N–H and O–H groups in total. The van der Waals surface area contributed by atoms with Gasteiger partial charge in [-0.05, 0) is 32.9 Å². The van der Waals surface area contributed by atoms with E-state index >= 15 is 0 Å². The van der Waals surface area contributed by atoms with E-state index in [1.54, 1.807) is 0 Å². The highest BCUT2D eigenvalue weighted by molar-refractivity contribution is 7.18. The first-order valence-electron chi connectivity index (χ1n) is 6.38. The van der Waals surface area contributed by atoms with Gasteiger partial charge in [0.2, 0.25) is 0 Å². The van der Waals surface area contributed by atoms with E-state index in [9.17, 15) is 0 Å². The molecule has 0 atom stereocenters. The molecule has 0 aliphatic carbocycles. The van der Waals surface area contributed by atoms with Gasteiger partial charge in [-0.2, -0.15) is 0 Å². The normalized spacial score (nSPS) is 11.7. The third-order valence-electron chi connectivity index (χ3n) is 3.19. The van der Waals surface area contributed by atoms with E-state index in [2.05, 4.69) is 23.4 Å². The Balaban J connectivity index is 2.39. The second-order valence-electron chi connectivity index (χ2n) is 4.97. The number of imidazole rings is 1. The van der Waals surface area contributed by atoms with E-state index in [0.717, 1.165) is 27.4 Å². The first kappa shape index (κ1) is 13.4. The van der Waals surface area contributed by atoms with E-state index in [1.807, 2.05) is 25.1 Å². The Bertz CT molecular complexity index is 788. The fourth-order valence-corrected chi connectivity index (χ4v) is 3.48. The van der Waals surface area contributed by atoms with Gasteiger partial charge in [-0.15, -0.1) is 0 Å². The highest BCUT2D eigenvalue weighted by Crippen LogP contribution is 2.36. The minimum Gasteiger partial charge on any atom is -0.375 e. The summed E-state index contributed by atoms with van der Waals surface area (Å²) >= 11 is 7.81. The maximum absolute atomic E-state index is 6.35. The molecule has 2 aromatic heterocycles. The molecule has 0 unspecified atom stereocenters. The number of thiazole rings is 1. The van der Waals surface area contributed by atoms with Crippen molar-refractivity contribution in [2.24, 2.45) is 0 Å². The van der Waals surface area contributed by atoms with Crippen LogP contribution in [0.3, 0.4) is 0 Å². The summed E-state index contributed by atoms with van der Waals surface area (Å²) in [6.45, 7) is 6.19. The molecule has 0 radical (unpaired) electrons. The number of aromatic nitrogens is 3. The summed E-state index contributed by atoms with van der Waals surface area (Å²) in [6.07, 6.45) is 0. The van der Waals surface area contributed by atoms with Crippen molar-refractivity contribution >= 4 is 39.1 Å². The molecule has 4 nitrogen and oxygen atoms in total. The average molecular weight is 307 g/mol. The average Bonchev–Trinajstić information content (AvgIpc) is 2.90. The van der Waals surface area contributed by atoms with Gasteiger partial charge in [0.05, 0.1) is 26.6 Å². The molecule has 0 saturated carbocycles. The van der Waals surface area contributed by atoms with Crippen molar-refractivity contribution in [2.75, 3.05) is 5.73 Å². The molecule has 3 rings (SSSR count). The number of nitrogen functional groups attached to an aromatic ring is 1. The van der Waals surface area contributed by atoms with E-state index < -0.39 is 0 Å². The van der Waals surface area contributed by atoms with Crippen molar-refractivity contribution in [2.45, 2.75) is 26.8 Å².